The van der Waals surface area contributed by atoms with Crippen LogP contribution in [0, 0.1) is 11.3 Å². The second-order valence-corrected chi connectivity index (χ2v) is 3.86. The molecule has 0 radical (unpaired) electrons. The van der Waals surface area contributed by atoms with E-state index in [9.17, 15) is 0 Å². The highest BCUT2D eigenvalue weighted by Crippen LogP contribution is 2.13. The molecule has 3 rings (SSSR count). The summed E-state index contributed by atoms with van der Waals surface area (Å²) in [4.78, 5) is 8.11. The monoisotopic (exact) mass is 235 g/mol. The third-order valence-electron chi connectivity index (χ3n) is 2.74. The van der Waals surface area contributed by atoms with Crippen molar-refractivity contribution in [1.29, 1.82) is 5.26 Å². The Kier molecular flexibility index (Phi) is 2.47. The number of nitriles is 1. The normalized spacial score (nSPS) is 10.4. The molecule has 0 bridgehead atoms. The fraction of sp³-hybridized carbons (Fsp3) is 0.0769. The lowest BCUT2D eigenvalue weighted by Gasteiger charge is -2.05. The average molecular weight is 235 g/mol. The molecule has 0 saturated carbocycles. The van der Waals surface area contributed by atoms with Crippen LogP contribution >= 0.6 is 0 Å². The molecule has 0 aliphatic rings. The van der Waals surface area contributed by atoms with E-state index in [0.717, 1.165) is 11.3 Å². The molecule has 0 amide bonds. The maximum Gasteiger partial charge on any atom is 0.252 e. The predicted octanol–water partition coefficient (Wildman–Crippen LogP) is 1.59. The van der Waals surface area contributed by atoms with E-state index < -0.39 is 0 Å². The van der Waals surface area contributed by atoms with E-state index >= 15 is 0 Å². The van der Waals surface area contributed by atoms with Gasteiger partial charge in [0, 0.05) is 6.42 Å². The van der Waals surface area contributed by atoms with Gasteiger partial charge in [0.25, 0.3) is 5.78 Å². The van der Waals surface area contributed by atoms with Crippen molar-refractivity contribution in [2.75, 3.05) is 0 Å². The van der Waals surface area contributed by atoms with Gasteiger partial charge in [0.2, 0.25) is 0 Å². The zero-order valence-corrected chi connectivity index (χ0v) is 9.48. The Morgan fingerprint density at radius 2 is 2.00 bits per heavy atom. The molecule has 2 heterocycles. The largest absolute Gasteiger partial charge is 0.252 e. The molecule has 1 aromatic carbocycles. The van der Waals surface area contributed by atoms with Crippen LogP contribution in [0.2, 0.25) is 0 Å². The highest BCUT2D eigenvalue weighted by molar-refractivity contribution is 5.40. The van der Waals surface area contributed by atoms with Crippen LogP contribution in [-0.2, 0) is 6.42 Å². The SMILES string of the molecule is N#Cc1cnc2ncnn2c1Cc1ccccc1. The minimum atomic E-state index is 0.514. The number of benzene rings is 1. The number of fused-ring (bicyclic) bond motifs is 1. The molecule has 5 heteroatoms. The summed E-state index contributed by atoms with van der Waals surface area (Å²) in [5.41, 5.74) is 2.46. The van der Waals surface area contributed by atoms with Crippen LogP contribution in [0.5, 0.6) is 0 Å². The van der Waals surface area contributed by atoms with Crippen molar-refractivity contribution in [2.24, 2.45) is 0 Å². The van der Waals surface area contributed by atoms with Crippen LogP contribution in [0.15, 0.2) is 42.9 Å². The Hall–Kier alpha value is -2.74. The molecule has 5 nitrogen and oxygen atoms in total. The third kappa shape index (κ3) is 1.70. The topological polar surface area (TPSA) is 66.9 Å². The van der Waals surface area contributed by atoms with Gasteiger partial charge in [-0.2, -0.15) is 19.9 Å². The van der Waals surface area contributed by atoms with E-state index in [-0.39, 0.29) is 0 Å². The highest BCUT2D eigenvalue weighted by atomic mass is 15.3. The predicted molar refractivity (Wildman–Crippen MR) is 64.7 cm³/mol. The molecule has 0 spiro atoms. The maximum atomic E-state index is 9.14. The fourth-order valence-electron chi connectivity index (χ4n) is 1.88. The van der Waals surface area contributed by atoms with E-state index in [1.54, 1.807) is 10.7 Å². The van der Waals surface area contributed by atoms with Crippen LogP contribution in [-0.4, -0.2) is 19.6 Å². The van der Waals surface area contributed by atoms with Crippen molar-refractivity contribution in [2.45, 2.75) is 6.42 Å². The first-order valence-corrected chi connectivity index (χ1v) is 5.50. The van der Waals surface area contributed by atoms with Gasteiger partial charge in [0.05, 0.1) is 17.5 Å². The van der Waals surface area contributed by atoms with Crippen molar-refractivity contribution >= 4 is 5.78 Å². The summed E-state index contributed by atoms with van der Waals surface area (Å²) in [6.07, 6.45) is 3.62. The molecule has 86 valence electrons. The van der Waals surface area contributed by atoms with Crippen molar-refractivity contribution in [3.8, 4) is 6.07 Å². The number of hydrogen-bond acceptors (Lipinski definition) is 4. The van der Waals surface area contributed by atoms with Gasteiger partial charge >= 0.3 is 0 Å². The highest BCUT2D eigenvalue weighted by Gasteiger charge is 2.10. The van der Waals surface area contributed by atoms with Gasteiger partial charge in [0.1, 0.15) is 12.4 Å². The molecular formula is C13H9N5. The standard InChI is InChI=1S/C13H9N5/c14-7-11-8-15-13-16-9-17-18(13)12(11)6-10-4-2-1-3-5-10/h1-5,8-9H,6H2. The lowest BCUT2D eigenvalue weighted by atomic mass is 10.1. The Bertz CT molecular complexity index is 724. The van der Waals surface area contributed by atoms with Crippen LogP contribution in [0.25, 0.3) is 5.78 Å². The summed E-state index contributed by atoms with van der Waals surface area (Å²) in [6.45, 7) is 0. The van der Waals surface area contributed by atoms with Crippen molar-refractivity contribution in [3.63, 3.8) is 0 Å². The third-order valence-corrected chi connectivity index (χ3v) is 2.74. The molecule has 0 atom stereocenters. The summed E-state index contributed by atoms with van der Waals surface area (Å²) in [7, 11) is 0. The van der Waals surface area contributed by atoms with E-state index in [1.165, 1.54) is 6.33 Å². The summed E-state index contributed by atoms with van der Waals surface area (Å²) in [5, 5.41) is 13.3. The molecule has 18 heavy (non-hydrogen) atoms. The van der Waals surface area contributed by atoms with E-state index in [2.05, 4.69) is 21.1 Å². The van der Waals surface area contributed by atoms with Gasteiger partial charge in [0.15, 0.2) is 0 Å². The van der Waals surface area contributed by atoms with Crippen molar-refractivity contribution < 1.29 is 0 Å². The molecule has 0 unspecified atom stereocenters. The Balaban J connectivity index is 2.15. The van der Waals surface area contributed by atoms with Crippen LogP contribution in [0.3, 0.4) is 0 Å². The lowest BCUT2D eigenvalue weighted by Crippen LogP contribution is -2.05. The summed E-state index contributed by atoms with van der Waals surface area (Å²) >= 11 is 0. The van der Waals surface area contributed by atoms with Gasteiger partial charge < -0.3 is 0 Å². The van der Waals surface area contributed by atoms with Gasteiger partial charge in [-0.3, -0.25) is 0 Å². The first-order chi connectivity index (χ1) is 8.88. The van der Waals surface area contributed by atoms with Crippen LogP contribution in [0.1, 0.15) is 16.8 Å². The summed E-state index contributed by atoms with van der Waals surface area (Å²) < 4.78 is 1.62. The number of hydrogen-bond donors (Lipinski definition) is 0. The quantitative estimate of drug-likeness (QED) is 0.676. The smallest absolute Gasteiger partial charge is 0.218 e. The first kappa shape index (κ1) is 10.4. The lowest BCUT2D eigenvalue weighted by molar-refractivity contribution is 0.856. The van der Waals surface area contributed by atoms with E-state index in [1.807, 2.05) is 30.3 Å². The van der Waals surface area contributed by atoms with Crippen LogP contribution < -0.4 is 0 Å². The molecule has 0 N–H and O–H groups in total. The number of nitrogens with zero attached hydrogens (tertiary/aromatic N) is 5. The fourth-order valence-corrected chi connectivity index (χ4v) is 1.88. The molecule has 3 aromatic rings. The summed E-state index contributed by atoms with van der Waals surface area (Å²) in [5.74, 6) is 0.514. The van der Waals surface area contributed by atoms with Crippen molar-refractivity contribution in [3.05, 3.63) is 59.7 Å². The molecule has 0 aliphatic heterocycles. The Labute approximate surface area is 103 Å². The molecular weight excluding hydrogens is 226 g/mol. The second-order valence-electron chi connectivity index (χ2n) is 3.86. The Morgan fingerprint density at radius 1 is 1.17 bits per heavy atom. The van der Waals surface area contributed by atoms with Crippen LogP contribution in [0.4, 0.5) is 0 Å². The van der Waals surface area contributed by atoms with Crippen molar-refractivity contribution in [1.82, 2.24) is 19.6 Å². The average Bonchev–Trinajstić information content (AvgIpc) is 2.89. The van der Waals surface area contributed by atoms with E-state index in [4.69, 9.17) is 5.26 Å². The second kappa shape index (κ2) is 4.26. The number of rotatable bonds is 2. The molecule has 0 saturated heterocycles. The summed E-state index contributed by atoms with van der Waals surface area (Å²) in [6, 6.07) is 12.1. The van der Waals surface area contributed by atoms with Gasteiger partial charge in [-0.25, -0.2) is 4.98 Å². The minimum Gasteiger partial charge on any atom is -0.218 e. The zero-order chi connectivity index (χ0) is 12.4. The molecule has 2 aromatic heterocycles. The zero-order valence-electron chi connectivity index (χ0n) is 9.48. The van der Waals surface area contributed by atoms with Gasteiger partial charge in [-0.05, 0) is 5.56 Å². The first-order valence-electron chi connectivity index (χ1n) is 5.50. The van der Waals surface area contributed by atoms with Gasteiger partial charge in [-0.15, -0.1) is 0 Å². The van der Waals surface area contributed by atoms with Gasteiger partial charge in [-0.1, -0.05) is 30.3 Å². The van der Waals surface area contributed by atoms with E-state index in [0.29, 0.717) is 17.8 Å². The minimum absolute atomic E-state index is 0.514. The maximum absolute atomic E-state index is 9.14. The molecule has 0 aliphatic carbocycles. The number of aromatic nitrogens is 4. The molecule has 0 fully saturated rings. The Morgan fingerprint density at radius 3 is 2.78 bits per heavy atom.